The summed E-state index contributed by atoms with van der Waals surface area (Å²) in [6, 6.07) is 15.2. The summed E-state index contributed by atoms with van der Waals surface area (Å²) in [5.41, 5.74) is 4.21. The lowest BCUT2D eigenvalue weighted by Crippen LogP contribution is -2.30. The first-order valence-electron chi connectivity index (χ1n) is 11.1. The van der Waals surface area contributed by atoms with Gasteiger partial charge in [0.1, 0.15) is 5.69 Å². The Bertz CT molecular complexity index is 1350. The second-order valence-corrected chi connectivity index (χ2v) is 8.71. The van der Waals surface area contributed by atoms with E-state index in [1.807, 2.05) is 54.7 Å². The third-order valence-electron chi connectivity index (χ3n) is 5.01. The van der Waals surface area contributed by atoms with Gasteiger partial charge in [-0.15, -0.1) is 11.5 Å². The fourth-order valence-corrected chi connectivity index (χ4v) is 3.37. The van der Waals surface area contributed by atoms with E-state index in [1.54, 1.807) is 25.6 Å². The number of ether oxygens (including phenoxy) is 1. The van der Waals surface area contributed by atoms with Gasteiger partial charge in [-0.1, -0.05) is 29.3 Å². The maximum Gasteiger partial charge on any atom is 0.223 e. The van der Waals surface area contributed by atoms with Crippen LogP contribution in [0.25, 0.3) is 22.6 Å². The van der Waals surface area contributed by atoms with Crippen molar-refractivity contribution in [2.45, 2.75) is 32.6 Å². The number of aliphatic hydroxyl groups is 1. The molecule has 3 heterocycles. The summed E-state index contributed by atoms with van der Waals surface area (Å²) in [4.78, 5) is 13.8. The number of methoxy groups -OCH3 is 1. The minimum absolute atomic E-state index is 0.274. The van der Waals surface area contributed by atoms with Crippen LogP contribution in [0.4, 0.5) is 5.95 Å². The van der Waals surface area contributed by atoms with Gasteiger partial charge in [-0.25, -0.2) is 14.6 Å². The van der Waals surface area contributed by atoms with Crippen LogP contribution in [0.3, 0.4) is 0 Å². The summed E-state index contributed by atoms with van der Waals surface area (Å²) in [7, 11) is 1.64. The lowest BCUT2D eigenvalue weighted by atomic mass is 10.1. The van der Waals surface area contributed by atoms with Gasteiger partial charge in [-0.05, 0) is 44.2 Å². The molecule has 0 bridgehead atoms. The highest BCUT2D eigenvalue weighted by molar-refractivity contribution is 5.68. The van der Waals surface area contributed by atoms with Crippen LogP contribution in [0.15, 0.2) is 54.7 Å². The number of rotatable bonds is 9. The molecule has 0 aliphatic carbocycles. The molecule has 178 valence electrons. The average Bonchev–Trinajstić information content (AvgIpc) is 3.31. The second-order valence-electron chi connectivity index (χ2n) is 8.71. The van der Waals surface area contributed by atoms with Gasteiger partial charge in [0.2, 0.25) is 5.95 Å². The first kappa shape index (κ1) is 24.0. The van der Waals surface area contributed by atoms with Gasteiger partial charge >= 0.3 is 0 Å². The molecule has 4 rings (SSSR count). The number of terminal acetylenes is 1. The highest BCUT2D eigenvalue weighted by atomic mass is 16.5. The number of nitrogens with one attached hydrogen (secondary N) is 1. The van der Waals surface area contributed by atoms with Crippen molar-refractivity contribution in [2.24, 2.45) is 0 Å². The van der Waals surface area contributed by atoms with Gasteiger partial charge in [0.25, 0.3) is 0 Å². The normalized spacial score (nSPS) is 11.3. The molecule has 0 fully saturated rings. The summed E-state index contributed by atoms with van der Waals surface area (Å²) in [6.07, 6.45) is 7.39. The summed E-state index contributed by atoms with van der Waals surface area (Å²) < 4.78 is 6.87. The number of hydrogen-bond acceptors (Lipinski definition) is 8. The Hall–Kier alpha value is -4.13. The number of hydrogen-bond donors (Lipinski definition) is 2. The van der Waals surface area contributed by atoms with Crippen LogP contribution in [0.5, 0.6) is 0 Å². The lowest BCUT2D eigenvalue weighted by molar-refractivity contribution is 0.0943. The summed E-state index contributed by atoms with van der Waals surface area (Å²) in [5, 5.41) is 21.8. The van der Waals surface area contributed by atoms with Gasteiger partial charge in [-0.2, -0.15) is 0 Å². The fourth-order valence-electron chi connectivity index (χ4n) is 3.37. The van der Waals surface area contributed by atoms with Crippen LogP contribution in [-0.2, 0) is 17.9 Å². The zero-order valence-electron chi connectivity index (χ0n) is 19.9. The monoisotopic (exact) mass is 469 g/mol. The first-order chi connectivity index (χ1) is 16.8. The smallest absolute Gasteiger partial charge is 0.223 e. The number of pyridine rings is 1. The Morgan fingerprint density at radius 1 is 1.03 bits per heavy atom. The molecule has 3 aromatic heterocycles. The van der Waals surface area contributed by atoms with E-state index in [1.165, 1.54) is 0 Å². The number of benzene rings is 1. The van der Waals surface area contributed by atoms with Crippen molar-refractivity contribution in [2.75, 3.05) is 19.0 Å². The molecule has 0 spiro atoms. The Morgan fingerprint density at radius 2 is 1.80 bits per heavy atom. The Kier molecular flexibility index (Phi) is 7.15. The lowest BCUT2D eigenvalue weighted by Gasteiger charge is -2.18. The summed E-state index contributed by atoms with van der Waals surface area (Å²) in [6.45, 7) is 4.60. The topological polar surface area (TPSA) is 111 Å². The van der Waals surface area contributed by atoms with E-state index in [9.17, 15) is 5.11 Å². The highest BCUT2D eigenvalue weighted by Crippen LogP contribution is 2.25. The van der Waals surface area contributed by atoms with Crippen molar-refractivity contribution in [3.63, 3.8) is 0 Å². The molecular formula is C26H27N7O2. The Labute approximate surface area is 204 Å². The van der Waals surface area contributed by atoms with Gasteiger partial charge in [0, 0.05) is 24.8 Å². The van der Waals surface area contributed by atoms with E-state index in [0.29, 0.717) is 36.2 Å². The predicted octanol–water partition coefficient (Wildman–Crippen LogP) is 3.16. The molecule has 0 saturated heterocycles. The van der Waals surface area contributed by atoms with E-state index < -0.39 is 5.60 Å². The van der Waals surface area contributed by atoms with Crippen LogP contribution in [0.1, 0.15) is 30.8 Å². The van der Waals surface area contributed by atoms with E-state index in [0.717, 1.165) is 22.5 Å². The van der Waals surface area contributed by atoms with Crippen molar-refractivity contribution in [3.05, 3.63) is 71.7 Å². The maximum absolute atomic E-state index is 10.1. The molecule has 0 saturated carbocycles. The zero-order chi connectivity index (χ0) is 24.8. The van der Waals surface area contributed by atoms with Crippen molar-refractivity contribution in [3.8, 4) is 35.0 Å². The minimum Gasteiger partial charge on any atom is -0.389 e. The maximum atomic E-state index is 10.1. The molecule has 0 amide bonds. The molecule has 0 unspecified atom stereocenters. The SMILES string of the molecule is C#Cc1cccc(-c2cc(-c3cn(Cc4cccc(COC)n4)nn3)nc(NCC(C)(C)O)n2)c1. The molecule has 35 heavy (non-hydrogen) atoms. The second kappa shape index (κ2) is 10.4. The van der Waals surface area contributed by atoms with Gasteiger partial charge in [0.15, 0.2) is 0 Å². The van der Waals surface area contributed by atoms with Gasteiger partial charge in [-0.3, -0.25) is 4.98 Å². The molecule has 9 nitrogen and oxygen atoms in total. The van der Waals surface area contributed by atoms with Crippen LogP contribution in [0, 0.1) is 12.3 Å². The molecule has 0 aliphatic rings. The molecule has 2 N–H and O–H groups in total. The van der Waals surface area contributed by atoms with E-state index in [4.69, 9.17) is 11.2 Å². The predicted molar refractivity (Wildman–Crippen MR) is 133 cm³/mol. The molecule has 0 radical (unpaired) electrons. The zero-order valence-corrected chi connectivity index (χ0v) is 19.9. The molecule has 0 atom stereocenters. The number of anilines is 1. The molecule has 0 aliphatic heterocycles. The average molecular weight is 470 g/mol. The summed E-state index contributed by atoms with van der Waals surface area (Å²) >= 11 is 0. The van der Waals surface area contributed by atoms with E-state index >= 15 is 0 Å². The number of nitrogens with zero attached hydrogens (tertiary/aromatic N) is 6. The standard InChI is InChI=1S/C26H27N7O2/c1-5-18-8-6-9-19(12-18)22-13-23(30-25(29-22)27-17-26(2,3)34)24-15-33(32-31-24)14-20-10-7-11-21(28-20)16-35-4/h1,6-13,15,34H,14,16-17H2,2-4H3,(H,27,29,30). The summed E-state index contributed by atoms with van der Waals surface area (Å²) in [5.74, 6) is 3.02. The van der Waals surface area contributed by atoms with E-state index in [2.05, 4.69) is 36.5 Å². The molecular weight excluding hydrogens is 442 g/mol. The van der Waals surface area contributed by atoms with Crippen molar-refractivity contribution in [1.29, 1.82) is 0 Å². The fraction of sp³-hybridized carbons (Fsp3) is 0.269. The van der Waals surface area contributed by atoms with Crippen LogP contribution < -0.4 is 5.32 Å². The molecule has 4 aromatic rings. The van der Waals surface area contributed by atoms with E-state index in [-0.39, 0.29) is 6.54 Å². The van der Waals surface area contributed by atoms with Crippen molar-refractivity contribution in [1.82, 2.24) is 29.9 Å². The quantitative estimate of drug-likeness (QED) is 0.360. The van der Waals surface area contributed by atoms with Crippen LogP contribution in [-0.4, -0.2) is 54.3 Å². The first-order valence-corrected chi connectivity index (χ1v) is 11.1. The minimum atomic E-state index is -0.934. The van der Waals surface area contributed by atoms with Crippen LogP contribution in [0.2, 0.25) is 0 Å². The Morgan fingerprint density at radius 3 is 2.57 bits per heavy atom. The highest BCUT2D eigenvalue weighted by Gasteiger charge is 2.16. The molecule has 9 heteroatoms. The van der Waals surface area contributed by atoms with Crippen molar-refractivity contribution >= 4 is 5.95 Å². The van der Waals surface area contributed by atoms with Gasteiger partial charge < -0.3 is 15.2 Å². The largest absolute Gasteiger partial charge is 0.389 e. The molecule has 1 aromatic carbocycles. The van der Waals surface area contributed by atoms with Gasteiger partial charge in [0.05, 0.1) is 47.7 Å². The number of aromatic nitrogens is 6. The van der Waals surface area contributed by atoms with Crippen LogP contribution >= 0.6 is 0 Å². The Balaban J connectivity index is 1.66. The third kappa shape index (κ3) is 6.47. The van der Waals surface area contributed by atoms with Crippen molar-refractivity contribution < 1.29 is 9.84 Å². The third-order valence-corrected chi connectivity index (χ3v) is 5.01.